The van der Waals surface area contributed by atoms with Gasteiger partial charge in [-0.3, -0.25) is 4.90 Å². The minimum atomic E-state index is -0.244. The van der Waals surface area contributed by atoms with Gasteiger partial charge in [-0.15, -0.1) is 11.8 Å². The zero-order valence-corrected chi connectivity index (χ0v) is 13.2. The highest BCUT2D eigenvalue weighted by molar-refractivity contribution is 9.10. The summed E-state index contributed by atoms with van der Waals surface area (Å²) in [6.07, 6.45) is 3.69. The lowest BCUT2D eigenvalue weighted by atomic mass is 9.97. The highest BCUT2D eigenvalue weighted by Gasteiger charge is 2.33. The fourth-order valence-electron chi connectivity index (χ4n) is 2.34. The molecule has 0 aromatic heterocycles. The van der Waals surface area contributed by atoms with E-state index in [0.29, 0.717) is 12.1 Å². The molecule has 5 heteroatoms. The van der Waals surface area contributed by atoms with Crippen molar-refractivity contribution < 1.29 is 4.39 Å². The number of nitrogens with zero attached hydrogens (tertiary/aromatic N) is 2. The predicted octanol–water partition coefficient (Wildman–Crippen LogP) is 3.81. The predicted molar refractivity (Wildman–Crippen MR) is 80.5 cm³/mol. The van der Waals surface area contributed by atoms with Crippen LogP contribution in [0, 0.1) is 17.1 Å². The second kappa shape index (κ2) is 6.25. The van der Waals surface area contributed by atoms with E-state index >= 15 is 0 Å². The Morgan fingerprint density at radius 2 is 2.16 bits per heavy atom. The Hall–Kier alpha value is -0.570. The summed E-state index contributed by atoms with van der Waals surface area (Å²) in [6.45, 7) is 2.31. The maximum absolute atomic E-state index is 13.7. The Labute approximate surface area is 126 Å². The van der Waals surface area contributed by atoms with Gasteiger partial charge < -0.3 is 0 Å². The fourth-order valence-corrected chi connectivity index (χ4v) is 3.43. The Morgan fingerprint density at radius 1 is 1.47 bits per heavy atom. The lowest BCUT2D eigenvalue weighted by Crippen LogP contribution is -2.41. The van der Waals surface area contributed by atoms with Crippen LogP contribution >= 0.6 is 27.7 Å². The van der Waals surface area contributed by atoms with Crippen LogP contribution in [0.2, 0.25) is 0 Å². The van der Waals surface area contributed by atoms with Gasteiger partial charge in [0.1, 0.15) is 10.6 Å². The molecule has 0 amide bonds. The quantitative estimate of drug-likeness (QED) is 0.835. The monoisotopic (exact) mass is 342 g/mol. The molecule has 102 valence electrons. The third-order valence-electron chi connectivity index (χ3n) is 3.66. The molecule has 0 saturated carbocycles. The number of hydrogen-bond donors (Lipinski definition) is 0. The topological polar surface area (TPSA) is 27.0 Å². The van der Waals surface area contributed by atoms with E-state index < -0.39 is 0 Å². The Balaban J connectivity index is 2.00. The second-order valence-corrected chi connectivity index (χ2v) is 6.93. The molecule has 1 aromatic rings. The standard InChI is InChI=1S/C14H16BrFN2S/c1-19-14(10-17)4-6-18(7-5-14)9-11-8-12(15)2-3-13(11)16/h2-3,8H,4-7,9H2,1H3. The molecule has 0 spiro atoms. The highest BCUT2D eigenvalue weighted by Crippen LogP contribution is 2.34. The maximum atomic E-state index is 13.7. The average molecular weight is 343 g/mol. The van der Waals surface area contributed by atoms with Crippen molar-refractivity contribution in [3.8, 4) is 6.07 Å². The molecule has 0 atom stereocenters. The van der Waals surface area contributed by atoms with Crippen molar-refractivity contribution in [2.45, 2.75) is 24.1 Å². The van der Waals surface area contributed by atoms with Crippen LogP contribution < -0.4 is 0 Å². The van der Waals surface area contributed by atoms with E-state index in [-0.39, 0.29) is 10.6 Å². The first-order chi connectivity index (χ1) is 9.08. The summed E-state index contributed by atoms with van der Waals surface area (Å²) in [5.41, 5.74) is 0.711. The van der Waals surface area contributed by atoms with Gasteiger partial charge in [-0.2, -0.15) is 5.26 Å². The first kappa shape index (κ1) is 14.8. The van der Waals surface area contributed by atoms with E-state index in [1.54, 1.807) is 17.8 Å². The molecule has 1 aliphatic heterocycles. The van der Waals surface area contributed by atoms with Crippen molar-refractivity contribution in [3.63, 3.8) is 0 Å². The van der Waals surface area contributed by atoms with Gasteiger partial charge in [-0.25, -0.2) is 4.39 Å². The Kier molecular flexibility index (Phi) is 4.88. The zero-order valence-electron chi connectivity index (χ0n) is 10.8. The molecule has 1 heterocycles. The van der Waals surface area contributed by atoms with Gasteiger partial charge in [-0.1, -0.05) is 15.9 Å². The molecular formula is C14H16BrFN2S. The van der Waals surface area contributed by atoms with Gasteiger partial charge in [-0.05, 0) is 37.3 Å². The SMILES string of the molecule is CSC1(C#N)CCN(Cc2cc(Br)ccc2F)CC1. The third-order valence-corrected chi connectivity index (χ3v) is 5.43. The first-order valence-electron chi connectivity index (χ1n) is 6.21. The van der Waals surface area contributed by atoms with Gasteiger partial charge >= 0.3 is 0 Å². The van der Waals surface area contributed by atoms with Crippen molar-refractivity contribution in [1.82, 2.24) is 4.90 Å². The highest BCUT2D eigenvalue weighted by atomic mass is 79.9. The smallest absolute Gasteiger partial charge is 0.127 e. The zero-order chi connectivity index (χ0) is 13.9. The third kappa shape index (κ3) is 3.50. The van der Waals surface area contributed by atoms with Gasteiger partial charge in [0.05, 0.1) is 6.07 Å². The Bertz CT molecular complexity index is 493. The van der Waals surface area contributed by atoms with Crippen LogP contribution in [0.15, 0.2) is 22.7 Å². The van der Waals surface area contributed by atoms with Gasteiger partial charge in [0.15, 0.2) is 0 Å². The van der Waals surface area contributed by atoms with Crippen molar-refractivity contribution in [2.75, 3.05) is 19.3 Å². The molecule has 1 fully saturated rings. The van der Waals surface area contributed by atoms with E-state index in [0.717, 1.165) is 30.4 Å². The summed E-state index contributed by atoms with van der Waals surface area (Å²) in [4.78, 5) is 2.22. The van der Waals surface area contributed by atoms with Crippen LogP contribution in [-0.2, 0) is 6.54 Å². The van der Waals surface area contributed by atoms with E-state index in [9.17, 15) is 9.65 Å². The fraction of sp³-hybridized carbons (Fsp3) is 0.500. The molecular weight excluding hydrogens is 327 g/mol. The van der Waals surface area contributed by atoms with Gasteiger partial charge in [0.25, 0.3) is 0 Å². The van der Waals surface area contributed by atoms with Crippen LogP contribution in [0.5, 0.6) is 0 Å². The Morgan fingerprint density at radius 3 is 2.74 bits per heavy atom. The van der Waals surface area contributed by atoms with Crippen LogP contribution in [0.25, 0.3) is 0 Å². The molecule has 1 saturated heterocycles. The van der Waals surface area contributed by atoms with E-state index in [1.807, 2.05) is 12.3 Å². The molecule has 0 radical (unpaired) electrons. The number of thioether (sulfide) groups is 1. The van der Waals surface area contributed by atoms with Crippen LogP contribution in [-0.4, -0.2) is 29.0 Å². The molecule has 2 nitrogen and oxygen atoms in total. The average Bonchev–Trinajstić information content (AvgIpc) is 2.44. The van der Waals surface area contributed by atoms with Crippen molar-refractivity contribution in [2.24, 2.45) is 0 Å². The molecule has 0 unspecified atom stereocenters. The summed E-state index contributed by atoms with van der Waals surface area (Å²) in [6, 6.07) is 7.46. The van der Waals surface area contributed by atoms with Crippen molar-refractivity contribution in [1.29, 1.82) is 5.26 Å². The minimum Gasteiger partial charge on any atom is -0.299 e. The molecule has 1 aliphatic rings. The summed E-state index contributed by atoms with van der Waals surface area (Å²) >= 11 is 5.01. The number of nitriles is 1. The molecule has 0 bridgehead atoms. The molecule has 2 rings (SSSR count). The number of halogens is 2. The summed E-state index contributed by atoms with van der Waals surface area (Å²) < 4.78 is 14.4. The van der Waals surface area contributed by atoms with Gasteiger partial charge in [0.2, 0.25) is 0 Å². The largest absolute Gasteiger partial charge is 0.299 e. The first-order valence-corrected chi connectivity index (χ1v) is 8.23. The number of rotatable bonds is 3. The normalized spacial score (nSPS) is 19.1. The number of hydrogen-bond acceptors (Lipinski definition) is 3. The number of piperidine rings is 1. The molecule has 1 aromatic carbocycles. The van der Waals surface area contributed by atoms with E-state index in [1.165, 1.54) is 6.07 Å². The maximum Gasteiger partial charge on any atom is 0.127 e. The summed E-state index contributed by atoms with van der Waals surface area (Å²) in [5.74, 6) is -0.162. The van der Waals surface area contributed by atoms with E-state index in [2.05, 4.69) is 26.9 Å². The summed E-state index contributed by atoms with van der Waals surface area (Å²) in [7, 11) is 0. The van der Waals surface area contributed by atoms with Crippen molar-refractivity contribution in [3.05, 3.63) is 34.1 Å². The van der Waals surface area contributed by atoms with Gasteiger partial charge in [0, 0.05) is 29.7 Å². The second-order valence-electron chi connectivity index (χ2n) is 4.82. The van der Waals surface area contributed by atoms with Crippen LogP contribution in [0.1, 0.15) is 18.4 Å². The van der Waals surface area contributed by atoms with Crippen LogP contribution in [0.4, 0.5) is 4.39 Å². The van der Waals surface area contributed by atoms with E-state index in [4.69, 9.17) is 0 Å². The lowest BCUT2D eigenvalue weighted by molar-refractivity contribution is 0.207. The minimum absolute atomic E-state index is 0.162. The lowest BCUT2D eigenvalue weighted by Gasteiger charge is -2.36. The van der Waals surface area contributed by atoms with Crippen LogP contribution in [0.3, 0.4) is 0 Å². The van der Waals surface area contributed by atoms with Crippen molar-refractivity contribution >= 4 is 27.7 Å². The summed E-state index contributed by atoms with van der Waals surface area (Å²) in [5, 5.41) is 9.24. The molecule has 19 heavy (non-hydrogen) atoms. The number of likely N-dealkylation sites (tertiary alicyclic amines) is 1. The number of benzene rings is 1. The molecule has 0 aliphatic carbocycles. The molecule has 0 N–H and O–H groups in total.